The van der Waals surface area contributed by atoms with Gasteiger partial charge in [-0.2, -0.15) is 4.68 Å². The van der Waals surface area contributed by atoms with Gasteiger partial charge in [0.2, 0.25) is 5.16 Å². The van der Waals surface area contributed by atoms with Crippen LogP contribution >= 0.6 is 11.8 Å². The Morgan fingerprint density at radius 2 is 2.18 bits per heavy atom. The van der Waals surface area contributed by atoms with Gasteiger partial charge in [0.15, 0.2) is 0 Å². The van der Waals surface area contributed by atoms with Crippen LogP contribution in [0.3, 0.4) is 0 Å². The Hall–Kier alpha value is -2.05. The second-order valence-electron chi connectivity index (χ2n) is 3.01. The number of azide groups is 1. The second-order valence-corrected chi connectivity index (χ2v) is 4.07. The predicted molar refractivity (Wildman–Crippen MR) is 63.9 cm³/mol. The van der Waals surface area contributed by atoms with Crippen molar-refractivity contribution in [3.63, 3.8) is 0 Å². The van der Waals surface area contributed by atoms with Gasteiger partial charge in [0.25, 0.3) is 0 Å². The maximum absolute atomic E-state index is 8.16. The molecule has 1 aromatic carbocycles. The van der Waals surface area contributed by atoms with Gasteiger partial charge in [0.05, 0.1) is 5.69 Å². The fraction of sp³-hybridized carbons (Fsp3) is 0.222. The Balaban J connectivity index is 2.09. The normalized spacial score (nSPS) is 9.88. The Morgan fingerprint density at radius 1 is 1.35 bits per heavy atom. The molecule has 0 unspecified atom stereocenters. The average Bonchev–Trinajstić information content (AvgIpc) is 2.84. The molecule has 2 rings (SSSR count). The van der Waals surface area contributed by atoms with Crippen LogP contribution in [-0.4, -0.2) is 32.5 Å². The summed E-state index contributed by atoms with van der Waals surface area (Å²) >= 11 is 1.45. The Labute approximate surface area is 101 Å². The van der Waals surface area contributed by atoms with E-state index in [1.165, 1.54) is 11.8 Å². The first-order chi connectivity index (χ1) is 8.42. The van der Waals surface area contributed by atoms with E-state index in [1.54, 1.807) is 4.68 Å². The topological polar surface area (TPSA) is 92.4 Å². The summed E-state index contributed by atoms with van der Waals surface area (Å²) in [6.07, 6.45) is 0. The van der Waals surface area contributed by atoms with Crippen molar-refractivity contribution >= 4 is 11.8 Å². The van der Waals surface area contributed by atoms with Gasteiger partial charge in [-0.1, -0.05) is 35.1 Å². The van der Waals surface area contributed by atoms with Gasteiger partial charge in [-0.05, 0) is 28.1 Å². The number of para-hydroxylation sites is 1. The van der Waals surface area contributed by atoms with E-state index in [1.807, 2.05) is 30.3 Å². The lowest BCUT2D eigenvalue weighted by molar-refractivity contribution is 0.756. The summed E-state index contributed by atoms with van der Waals surface area (Å²) in [6, 6.07) is 9.63. The molecule has 1 aromatic heterocycles. The van der Waals surface area contributed by atoms with Crippen LogP contribution in [0.25, 0.3) is 16.1 Å². The van der Waals surface area contributed by atoms with Gasteiger partial charge < -0.3 is 0 Å². The molecule has 0 fully saturated rings. The van der Waals surface area contributed by atoms with Gasteiger partial charge in [0, 0.05) is 17.2 Å². The summed E-state index contributed by atoms with van der Waals surface area (Å²) in [5.74, 6) is 0.650. The predicted octanol–water partition coefficient (Wildman–Crippen LogP) is 2.06. The number of hydrogen-bond donors (Lipinski definition) is 0. The van der Waals surface area contributed by atoms with Crippen LogP contribution < -0.4 is 0 Å². The molecular weight excluding hydrogens is 238 g/mol. The lowest BCUT2D eigenvalue weighted by Gasteiger charge is -2.02. The first-order valence-electron chi connectivity index (χ1n) is 4.89. The van der Waals surface area contributed by atoms with Crippen molar-refractivity contribution in [3.8, 4) is 5.69 Å². The average molecular weight is 247 g/mol. The molecule has 0 N–H and O–H groups in total. The minimum atomic E-state index is 0.419. The van der Waals surface area contributed by atoms with Crippen molar-refractivity contribution in [2.24, 2.45) is 5.11 Å². The number of nitrogens with zero attached hydrogens (tertiary/aromatic N) is 7. The van der Waals surface area contributed by atoms with Crippen molar-refractivity contribution in [2.45, 2.75) is 5.16 Å². The SMILES string of the molecule is [N-]=[N+]=NCCSc1nnnn1-c1ccccc1. The van der Waals surface area contributed by atoms with Crippen LogP contribution in [0.15, 0.2) is 40.6 Å². The summed E-state index contributed by atoms with van der Waals surface area (Å²) in [7, 11) is 0. The number of thioether (sulfide) groups is 1. The zero-order chi connectivity index (χ0) is 11.9. The molecule has 1 heterocycles. The van der Waals surface area contributed by atoms with Crippen molar-refractivity contribution in [1.82, 2.24) is 20.2 Å². The molecule has 2 aromatic rings. The molecule has 86 valence electrons. The fourth-order valence-electron chi connectivity index (χ4n) is 1.22. The first kappa shape index (κ1) is 11.4. The summed E-state index contributed by atoms with van der Waals surface area (Å²) in [5.41, 5.74) is 9.07. The Morgan fingerprint density at radius 3 is 2.94 bits per heavy atom. The highest BCUT2D eigenvalue weighted by molar-refractivity contribution is 7.99. The molecule has 17 heavy (non-hydrogen) atoms. The Bertz CT molecular complexity index is 517. The van der Waals surface area contributed by atoms with Crippen LogP contribution in [0.4, 0.5) is 0 Å². The maximum Gasteiger partial charge on any atom is 0.214 e. The van der Waals surface area contributed by atoms with E-state index in [4.69, 9.17) is 5.53 Å². The minimum Gasteiger partial charge on any atom is -0.188 e. The number of tetrazole rings is 1. The van der Waals surface area contributed by atoms with E-state index in [9.17, 15) is 0 Å². The lowest BCUT2D eigenvalue weighted by Crippen LogP contribution is -1.99. The number of aromatic nitrogens is 4. The summed E-state index contributed by atoms with van der Waals surface area (Å²) in [6.45, 7) is 0.419. The van der Waals surface area contributed by atoms with Crippen molar-refractivity contribution in [2.75, 3.05) is 12.3 Å². The van der Waals surface area contributed by atoms with Gasteiger partial charge in [-0.3, -0.25) is 0 Å². The number of rotatable bonds is 5. The van der Waals surface area contributed by atoms with Gasteiger partial charge >= 0.3 is 0 Å². The van der Waals surface area contributed by atoms with Gasteiger partial charge in [-0.15, -0.1) is 5.10 Å². The van der Waals surface area contributed by atoms with Crippen molar-refractivity contribution < 1.29 is 0 Å². The lowest BCUT2D eigenvalue weighted by atomic mass is 10.3. The molecule has 0 aliphatic heterocycles. The first-order valence-corrected chi connectivity index (χ1v) is 5.88. The van der Waals surface area contributed by atoms with E-state index in [-0.39, 0.29) is 0 Å². The molecule has 0 saturated carbocycles. The van der Waals surface area contributed by atoms with Crippen LogP contribution in [-0.2, 0) is 0 Å². The van der Waals surface area contributed by atoms with Crippen molar-refractivity contribution in [1.29, 1.82) is 0 Å². The van der Waals surface area contributed by atoms with E-state index >= 15 is 0 Å². The standard InChI is InChI=1S/C9H9N7S/c10-13-11-6-7-17-9-12-14-15-16(9)8-4-2-1-3-5-8/h1-5H,6-7H2. The molecule has 0 aliphatic carbocycles. The van der Waals surface area contributed by atoms with E-state index < -0.39 is 0 Å². The summed E-state index contributed by atoms with van der Waals surface area (Å²) < 4.78 is 1.65. The fourth-order valence-corrected chi connectivity index (χ4v) is 1.94. The van der Waals surface area contributed by atoms with Crippen LogP contribution in [0, 0.1) is 0 Å². The highest BCUT2D eigenvalue weighted by Gasteiger charge is 2.07. The third-order valence-electron chi connectivity index (χ3n) is 1.93. The molecule has 0 radical (unpaired) electrons. The second kappa shape index (κ2) is 5.88. The summed E-state index contributed by atoms with van der Waals surface area (Å²) in [5, 5.41) is 15.6. The zero-order valence-electron chi connectivity index (χ0n) is 8.84. The molecule has 0 spiro atoms. The smallest absolute Gasteiger partial charge is 0.188 e. The molecule has 0 aliphatic rings. The quantitative estimate of drug-likeness (QED) is 0.266. The molecule has 8 heteroatoms. The van der Waals surface area contributed by atoms with E-state index in [2.05, 4.69) is 25.6 Å². The van der Waals surface area contributed by atoms with E-state index in [0.29, 0.717) is 17.5 Å². The monoisotopic (exact) mass is 247 g/mol. The van der Waals surface area contributed by atoms with Gasteiger partial charge in [-0.25, -0.2) is 0 Å². The van der Waals surface area contributed by atoms with Crippen LogP contribution in [0.1, 0.15) is 0 Å². The molecule has 0 amide bonds. The molecule has 0 saturated heterocycles. The highest BCUT2D eigenvalue weighted by Crippen LogP contribution is 2.17. The molecule has 0 atom stereocenters. The molecular formula is C9H9N7S. The highest BCUT2D eigenvalue weighted by atomic mass is 32.2. The van der Waals surface area contributed by atoms with Crippen LogP contribution in [0.2, 0.25) is 0 Å². The number of hydrogen-bond acceptors (Lipinski definition) is 5. The number of benzene rings is 1. The minimum absolute atomic E-state index is 0.419. The third kappa shape index (κ3) is 2.96. The zero-order valence-corrected chi connectivity index (χ0v) is 9.66. The van der Waals surface area contributed by atoms with Crippen molar-refractivity contribution in [3.05, 3.63) is 40.8 Å². The molecule has 0 bridgehead atoms. The Kier molecular flexibility index (Phi) is 3.95. The maximum atomic E-state index is 8.16. The van der Waals surface area contributed by atoms with Gasteiger partial charge in [0.1, 0.15) is 0 Å². The van der Waals surface area contributed by atoms with E-state index in [0.717, 1.165) is 5.69 Å². The van der Waals surface area contributed by atoms with Crippen LogP contribution in [0.5, 0.6) is 0 Å². The molecule has 7 nitrogen and oxygen atoms in total. The summed E-state index contributed by atoms with van der Waals surface area (Å²) in [4.78, 5) is 2.69. The largest absolute Gasteiger partial charge is 0.214 e. The third-order valence-corrected chi connectivity index (χ3v) is 2.83.